The number of rotatable bonds is 1. The first kappa shape index (κ1) is 6.89. The molecule has 3 nitrogen and oxygen atoms in total. The van der Waals surface area contributed by atoms with Crippen LogP contribution in [0.15, 0.2) is 9.50 Å². The molecule has 0 unspecified atom stereocenters. The van der Waals surface area contributed by atoms with Gasteiger partial charge in [-0.05, 0) is 12.8 Å². The summed E-state index contributed by atoms with van der Waals surface area (Å²) < 4.78 is 3.48. The van der Waals surface area contributed by atoms with E-state index in [2.05, 4.69) is 27.7 Å². The summed E-state index contributed by atoms with van der Waals surface area (Å²) in [4.78, 5) is 0. The van der Waals surface area contributed by atoms with Crippen molar-refractivity contribution in [3.63, 3.8) is 0 Å². The molecule has 0 fully saturated rings. The fraction of sp³-hybridized carbons (Fsp3) is 0.500. The monoisotopic (exact) mass is 163 g/mol. The summed E-state index contributed by atoms with van der Waals surface area (Å²) in [6.07, 6.45) is 0.836. The average molecular weight is 164 g/mol. The molecular weight excluding hydrogens is 158 g/mol. The van der Waals surface area contributed by atoms with Crippen molar-refractivity contribution >= 4 is 35.3 Å². The van der Waals surface area contributed by atoms with Gasteiger partial charge in [-0.25, -0.2) is 4.40 Å². The van der Waals surface area contributed by atoms with Crippen LogP contribution in [0.4, 0.5) is 0 Å². The van der Waals surface area contributed by atoms with Crippen LogP contribution in [0.3, 0.4) is 0 Å². The zero-order chi connectivity index (χ0) is 6.69. The summed E-state index contributed by atoms with van der Waals surface area (Å²) in [7, 11) is 0. The molecule has 5 heteroatoms. The second kappa shape index (κ2) is 3.08. The second-order valence-electron chi connectivity index (χ2n) is 1.61. The van der Waals surface area contributed by atoms with Gasteiger partial charge in [-0.15, -0.1) is 0 Å². The van der Waals surface area contributed by atoms with Crippen molar-refractivity contribution in [3.05, 3.63) is 0 Å². The van der Waals surface area contributed by atoms with Gasteiger partial charge in [0, 0.05) is 13.0 Å². The van der Waals surface area contributed by atoms with E-state index in [1.807, 2.05) is 0 Å². The summed E-state index contributed by atoms with van der Waals surface area (Å²) in [5.41, 5.74) is 3.56. The number of halogens is 1. The number of hydrogen-bond donors (Lipinski definition) is 2. The fourth-order valence-corrected chi connectivity index (χ4v) is 0.841. The highest BCUT2D eigenvalue weighted by atomic mass is 35.5. The SMILES string of the molecule is S/N=C(\Cl)C1=NNCC1. The summed E-state index contributed by atoms with van der Waals surface area (Å²) in [5.74, 6) is 0. The second-order valence-corrected chi connectivity index (χ2v) is 2.17. The first-order valence-electron chi connectivity index (χ1n) is 2.52. The molecule has 0 spiro atoms. The molecule has 1 aliphatic heterocycles. The third-order valence-corrected chi connectivity index (χ3v) is 1.63. The van der Waals surface area contributed by atoms with Crippen molar-refractivity contribution in [1.29, 1.82) is 0 Å². The van der Waals surface area contributed by atoms with Crippen molar-refractivity contribution in [2.24, 2.45) is 9.50 Å². The van der Waals surface area contributed by atoms with E-state index < -0.39 is 0 Å². The Morgan fingerprint density at radius 3 is 3.11 bits per heavy atom. The summed E-state index contributed by atoms with van der Waals surface area (Å²) in [6.45, 7) is 0.842. The lowest BCUT2D eigenvalue weighted by Gasteiger charge is -1.88. The molecule has 1 aliphatic rings. The molecule has 1 N–H and O–H groups in total. The van der Waals surface area contributed by atoms with Crippen LogP contribution >= 0.6 is 24.4 Å². The molecule has 0 bridgehead atoms. The molecule has 50 valence electrons. The molecule has 0 aromatic rings. The van der Waals surface area contributed by atoms with Crippen LogP contribution in [0, 0.1) is 0 Å². The van der Waals surface area contributed by atoms with E-state index in [0.29, 0.717) is 5.17 Å². The van der Waals surface area contributed by atoms with E-state index in [1.54, 1.807) is 0 Å². The number of hydrogen-bond acceptors (Lipinski definition) is 4. The zero-order valence-electron chi connectivity index (χ0n) is 4.63. The lowest BCUT2D eigenvalue weighted by molar-refractivity contribution is 0.813. The number of nitrogens with one attached hydrogen (secondary N) is 1. The fourth-order valence-electron chi connectivity index (χ4n) is 0.589. The maximum Gasteiger partial charge on any atom is 0.160 e. The van der Waals surface area contributed by atoms with Crippen LogP contribution < -0.4 is 5.43 Å². The molecule has 1 rings (SSSR count). The van der Waals surface area contributed by atoms with E-state index in [4.69, 9.17) is 11.6 Å². The van der Waals surface area contributed by atoms with Gasteiger partial charge in [-0.1, -0.05) is 11.6 Å². The van der Waals surface area contributed by atoms with Crippen molar-refractivity contribution in [1.82, 2.24) is 5.43 Å². The van der Waals surface area contributed by atoms with Gasteiger partial charge in [0.2, 0.25) is 0 Å². The number of hydrazone groups is 1. The maximum atomic E-state index is 5.57. The standard InChI is InChI=1S/C4H6ClN3S/c5-4(8-9)3-1-2-6-7-3/h6,9H,1-2H2/b8-4-. The average Bonchev–Trinajstić information content (AvgIpc) is 2.37. The van der Waals surface area contributed by atoms with Crippen molar-refractivity contribution < 1.29 is 0 Å². The van der Waals surface area contributed by atoms with Gasteiger partial charge >= 0.3 is 0 Å². The Bertz CT molecular complexity index is 165. The summed E-state index contributed by atoms with van der Waals surface area (Å²) in [6, 6.07) is 0. The Hall–Kier alpha value is -0.220. The van der Waals surface area contributed by atoms with Crippen LogP contribution in [-0.4, -0.2) is 17.4 Å². The quantitative estimate of drug-likeness (QED) is 0.436. The molecular formula is C4H6ClN3S. The number of nitrogens with zero attached hydrogens (tertiary/aromatic N) is 2. The van der Waals surface area contributed by atoms with Crippen molar-refractivity contribution in [3.8, 4) is 0 Å². The van der Waals surface area contributed by atoms with E-state index in [0.717, 1.165) is 18.7 Å². The van der Waals surface area contributed by atoms with E-state index in [-0.39, 0.29) is 0 Å². The van der Waals surface area contributed by atoms with Crippen LogP contribution in [0.1, 0.15) is 6.42 Å². The first-order valence-corrected chi connectivity index (χ1v) is 3.29. The van der Waals surface area contributed by atoms with Crippen LogP contribution in [0.5, 0.6) is 0 Å². The summed E-state index contributed by atoms with van der Waals surface area (Å²) in [5, 5.41) is 4.24. The van der Waals surface area contributed by atoms with E-state index in [9.17, 15) is 0 Å². The molecule has 0 atom stereocenters. The third-order valence-electron chi connectivity index (χ3n) is 1.01. The smallest absolute Gasteiger partial charge is 0.160 e. The Kier molecular flexibility index (Phi) is 2.36. The van der Waals surface area contributed by atoms with Crippen molar-refractivity contribution in [2.45, 2.75) is 6.42 Å². The van der Waals surface area contributed by atoms with Crippen molar-refractivity contribution in [2.75, 3.05) is 6.54 Å². The number of thiol groups is 1. The lowest BCUT2D eigenvalue weighted by atomic mass is 10.3. The van der Waals surface area contributed by atoms with Gasteiger partial charge in [-0.3, -0.25) is 0 Å². The predicted molar refractivity (Wildman–Crippen MR) is 42.3 cm³/mol. The van der Waals surface area contributed by atoms with Gasteiger partial charge in [0.1, 0.15) is 0 Å². The normalized spacial score (nSPS) is 19.3. The predicted octanol–water partition coefficient (Wildman–Crippen LogP) is 0.818. The largest absolute Gasteiger partial charge is 0.309 e. The lowest BCUT2D eigenvalue weighted by Crippen LogP contribution is -2.03. The molecule has 0 saturated heterocycles. The zero-order valence-corrected chi connectivity index (χ0v) is 6.28. The summed E-state index contributed by atoms with van der Waals surface area (Å²) >= 11 is 9.21. The minimum Gasteiger partial charge on any atom is -0.309 e. The van der Waals surface area contributed by atoms with Gasteiger partial charge in [0.15, 0.2) is 5.17 Å². The molecule has 0 saturated carbocycles. The van der Waals surface area contributed by atoms with Gasteiger partial charge < -0.3 is 5.43 Å². The Balaban J connectivity index is 2.61. The van der Waals surface area contributed by atoms with Gasteiger partial charge in [0.25, 0.3) is 0 Å². The van der Waals surface area contributed by atoms with E-state index >= 15 is 0 Å². The van der Waals surface area contributed by atoms with Gasteiger partial charge in [0.05, 0.1) is 5.71 Å². The molecule has 0 aliphatic carbocycles. The van der Waals surface area contributed by atoms with Crippen LogP contribution in [0.2, 0.25) is 0 Å². The molecule has 9 heavy (non-hydrogen) atoms. The Morgan fingerprint density at radius 1 is 1.89 bits per heavy atom. The molecule has 0 radical (unpaired) electrons. The molecule has 0 aromatic carbocycles. The highest BCUT2D eigenvalue weighted by Crippen LogP contribution is 2.00. The third kappa shape index (κ3) is 1.59. The van der Waals surface area contributed by atoms with E-state index in [1.165, 1.54) is 0 Å². The highest BCUT2D eigenvalue weighted by molar-refractivity contribution is 7.79. The minimum absolute atomic E-state index is 0.378. The highest BCUT2D eigenvalue weighted by Gasteiger charge is 2.09. The van der Waals surface area contributed by atoms with Crippen LogP contribution in [-0.2, 0) is 0 Å². The Labute approximate surface area is 63.7 Å². The minimum atomic E-state index is 0.378. The van der Waals surface area contributed by atoms with Crippen LogP contribution in [0.25, 0.3) is 0 Å². The first-order chi connectivity index (χ1) is 4.34. The van der Waals surface area contributed by atoms with Gasteiger partial charge in [-0.2, -0.15) is 5.10 Å². The molecule has 0 aromatic heterocycles. The maximum absolute atomic E-state index is 5.57. The topological polar surface area (TPSA) is 36.8 Å². The molecule has 0 amide bonds. The Morgan fingerprint density at radius 2 is 2.67 bits per heavy atom. The molecule has 1 heterocycles.